The first-order chi connectivity index (χ1) is 8.25. The van der Waals surface area contributed by atoms with Gasteiger partial charge in [-0.2, -0.15) is 0 Å². The number of nitrogens with zero attached hydrogens (tertiary/aromatic N) is 1. The van der Waals surface area contributed by atoms with E-state index in [2.05, 4.69) is 15.3 Å². The van der Waals surface area contributed by atoms with Crippen LogP contribution in [0.15, 0.2) is 6.33 Å². The van der Waals surface area contributed by atoms with Crippen molar-refractivity contribution >= 4 is 5.97 Å². The Bertz CT molecular complexity index is 437. The number of hydrogen-bond donors (Lipinski definition) is 2. The molecule has 2 aliphatic heterocycles. The van der Waals surface area contributed by atoms with Crippen LogP contribution >= 0.6 is 0 Å². The molecule has 6 heteroatoms. The van der Waals surface area contributed by atoms with Crippen molar-refractivity contribution < 1.29 is 14.3 Å². The Morgan fingerprint density at radius 2 is 2.59 bits per heavy atom. The predicted octanol–water partition coefficient (Wildman–Crippen LogP) is -0.287. The quantitative estimate of drug-likeness (QED) is 0.657. The number of carbonyl (C=O) groups excluding carboxylic acids is 1. The average Bonchev–Trinajstić information content (AvgIpc) is 2.97. The SMILES string of the molecule is COC(=O)[C@H]1Cc2[nH]cnc2C2(CCOC2)N1. The topological polar surface area (TPSA) is 76.2 Å². The van der Waals surface area contributed by atoms with Crippen molar-refractivity contribution in [1.29, 1.82) is 0 Å². The molecule has 2 atom stereocenters. The van der Waals surface area contributed by atoms with Crippen molar-refractivity contribution in [3.8, 4) is 0 Å². The zero-order chi connectivity index (χ0) is 11.9. The van der Waals surface area contributed by atoms with Crippen LogP contribution < -0.4 is 5.32 Å². The molecule has 1 saturated heterocycles. The Labute approximate surface area is 98.7 Å². The molecule has 1 spiro atoms. The Balaban J connectivity index is 1.97. The highest BCUT2D eigenvalue weighted by Gasteiger charge is 2.46. The molecule has 1 fully saturated rings. The third-order valence-corrected chi connectivity index (χ3v) is 3.54. The minimum absolute atomic E-state index is 0.239. The van der Waals surface area contributed by atoms with E-state index >= 15 is 0 Å². The zero-order valence-corrected chi connectivity index (χ0v) is 9.66. The summed E-state index contributed by atoms with van der Waals surface area (Å²) in [5, 5.41) is 3.34. The summed E-state index contributed by atoms with van der Waals surface area (Å²) < 4.78 is 10.3. The zero-order valence-electron chi connectivity index (χ0n) is 9.66. The lowest BCUT2D eigenvalue weighted by Crippen LogP contribution is -2.56. The highest BCUT2D eigenvalue weighted by molar-refractivity contribution is 5.76. The normalized spacial score (nSPS) is 31.5. The number of ether oxygens (including phenoxy) is 2. The largest absolute Gasteiger partial charge is 0.468 e. The van der Waals surface area contributed by atoms with Crippen LogP contribution in [-0.2, 0) is 26.2 Å². The first-order valence-electron chi connectivity index (χ1n) is 5.71. The van der Waals surface area contributed by atoms with Crippen molar-refractivity contribution in [2.24, 2.45) is 0 Å². The van der Waals surface area contributed by atoms with Gasteiger partial charge in [0.25, 0.3) is 0 Å². The summed E-state index contributed by atoms with van der Waals surface area (Å²) in [6.45, 7) is 1.24. The van der Waals surface area contributed by atoms with Crippen molar-refractivity contribution in [1.82, 2.24) is 15.3 Å². The second-order valence-electron chi connectivity index (χ2n) is 4.54. The van der Waals surface area contributed by atoms with E-state index < -0.39 is 0 Å². The van der Waals surface area contributed by atoms with Gasteiger partial charge in [0.05, 0.1) is 31.3 Å². The molecule has 17 heavy (non-hydrogen) atoms. The summed E-state index contributed by atoms with van der Waals surface area (Å²) >= 11 is 0. The number of carbonyl (C=O) groups is 1. The molecule has 1 aromatic rings. The number of nitrogens with one attached hydrogen (secondary N) is 2. The van der Waals surface area contributed by atoms with Crippen molar-refractivity contribution in [2.75, 3.05) is 20.3 Å². The first-order valence-corrected chi connectivity index (χ1v) is 5.71. The second-order valence-corrected chi connectivity index (χ2v) is 4.54. The van der Waals surface area contributed by atoms with Crippen LogP contribution in [0.3, 0.4) is 0 Å². The number of H-pyrrole nitrogens is 1. The fourth-order valence-corrected chi connectivity index (χ4v) is 2.70. The number of fused-ring (bicyclic) bond motifs is 2. The molecule has 1 unspecified atom stereocenters. The van der Waals surface area contributed by atoms with Gasteiger partial charge in [-0.05, 0) is 6.42 Å². The minimum atomic E-state index is -0.327. The molecule has 2 aliphatic rings. The Kier molecular flexibility index (Phi) is 2.41. The Morgan fingerprint density at radius 1 is 1.71 bits per heavy atom. The maximum atomic E-state index is 11.7. The number of methoxy groups -OCH3 is 1. The van der Waals surface area contributed by atoms with E-state index in [1.165, 1.54) is 7.11 Å². The van der Waals surface area contributed by atoms with Gasteiger partial charge in [-0.15, -0.1) is 0 Å². The lowest BCUT2D eigenvalue weighted by molar-refractivity contribution is -0.144. The van der Waals surface area contributed by atoms with Gasteiger partial charge in [-0.25, -0.2) is 4.98 Å². The van der Waals surface area contributed by atoms with Gasteiger partial charge < -0.3 is 14.5 Å². The monoisotopic (exact) mass is 237 g/mol. The van der Waals surface area contributed by atoms with E-state index in [9.17, 15) is 4.79 Å². The predicted molar refractivity (Wildman–Crippen MR) is 58.3 cm³/mol. The van der Waals surface area contributed by atoms with Gasteiger partial charge in [0.2, 0.25) is 0 Å². The third-order valence-electron chi connectivity index (χ3n) is 3.54. The molecule has 0 amide bonds. The molecule has 2 N–H and O–H groups in total. The number of hydrogen-bond acceptors (Lipinski definition) is 5. The maximum Gasteiger partial charge on any atom is 0.323 e. The lowest BCUT2D eigenvalue weighted by Gasteiger charge is -2.36. The van der Waals surface area contributed by atoms with E-state index in [1.54, 1.807) is 6.33 Å². The molecular formula is C11H15N3O3. The van der Waals surface area contributed by atoms with Gasteiger partial charge >= 0.3 is 5.97 Å². The average molecular weight is 237 g/mol. The molecule has 92 valence electrons. The van der Waals surface area contributed by atoms with Crippen LogP contribution in [0.5, 0.6) is 0 Å². The maximum absolute atomic E-state index is 11.7. The van der Waals surface area contributed by atoms with Crippen molar-refractivity contribution in [3.63, 3.8) is 0 Å². The van der Waals surface area contributed by atoms with Gasteiger partial charge in [0, 0.05) is 18.7 Å². The highest BCUT2D eigenvalue weighted by Crippen LogP contribution is 2.35. The molecule has 0 aromatic carbocycles. The second kappa shape index (κ2) is 3.82. The smallest absolute Gasteiger partial charge is 0.323 e. The highest BCUT2D eigenvalue weighted by atomic mass is 16.5. The number of aromatic nitrogens is 2. The van der Waals surface area contributed by atoms with Crippen LogP contribution in [0.2, 0.25) is 0 Å². The molecule has 0 saturated carbocycles. The Morgan fingerprint density at radius 3 is 3.29 bits per heavy atom. The van der Waals surface area contributed by atoms with E-state index in [1.807, 2.05) is 0 Å². The van der Waals surface area contributed by atoms with E-state index in [4.69, 9.17) is 9.47 Å². The van der Waals surface area contributed by atoms with Crippen LogP contribution in [0, 0.1) is 0 Å². The standard InChI is InChI=1S/C11H15N3O3/c1-16-10(15)8-4-7-9(13-6-12-7)11(14-8)2-3-17-5-11/h6,8,14H,2-5H2,1H3,(H,12,13)/t8-,11?/m1/s1. The van der Waals surface area contributed by atoms with Crippen molar-refractivity contribution in [3.05, 3.63) is 17.7 Å². The summed E-state index contributed by atoms with van der Waals surface area (Å²) in [6, 6.07) is -0.324. The van der Waals surface area contributed by atoms with Crippen LogP contribution in [0.4, 0.5) is 0 Å². The molecule has 0 aliphatic carbocycles. The fourth-order valence-electron chi connectivity index (χ4n) is 2.70. The van der Waals surface area contributed by atoms with Crippen LogP contribution in [0.1, 0.15) is 17.8 Å². The van der Waals surface area contributed by atoms with Crippen molar-refractivity contribution in [2.45, 2.75) is 24.4 Å². The number of imidazole rings is 1. The van der Waals surface area contributed by atoms with Gasteiger partial charge in [-0.1, -0.05) is 0 Å². The number of rotatable bonds is 1. The van der Waals surface area contributed by atoms with E-state index in [-0.39, 0.29) is 17.6 Å². The summed E-state index contributed by atoms with van der Waals surface area (Å²) in [5.41, 5.74) is 1.66. The molecule has 6 nitrogen and oxygen atoms in total. The molecule has 1 aromatic heterocycles. The van der Waals surface area contributed by atoms with Gasteiger partial charge in [0.15, 0.2) is 0 Å². The minimum Gasteiger partial charge on any atom is -0.468 e. The summed E-state index contributed by atoms with van der Waals surface area (Å²) in [6.07, 6.45) is 3.09. The number of esters is 1. The molecular weight excluding hydrogens is 222 g/mol. The molecule has 0 radical (unpaired) electrons. The molecule has 3 heterocycles. The van der Waals surface area contributed by atoms with E-state index in [0.717, 1.165) is 17.8 Å². The lowest BCUT2D eigenvalue weighted by atomic mass is 9.86. The van der Waals surface area contributed by atoms with Gasteiger partial charge in [0.1, 0.15) is 6.04 Å². The number of aromatic amines is 1. The van der Waals surface area contributed by atoms with Gasteiger partial charge in [-0.3, -0.25) is 10.1 Å². The summed E-state index contributed by atoms with van der Waals surface area (Å²) in [4.78, 5) is 19.1. The molecule has 3 rings (SSSR count). The first kappa shape index (κ1) is 10.7. The Hall–Kier alpha value is -1.40. The third kappa shape index (κ3) is 1.56. The molecule has 0 bridgehead atoms. The summed E-state index contributed by atoms with van der Waals surface area (Å²) in [5.74, 6) is -0.239. The fraction of sp³-hybridized carbons (Fsp3) is 0.636. The summed E-state index contributed by atoms with van der Waals surface area (Å²) in [7, 11) is 1.41. The van der Waals surface area contributed by atoms with Crippen LogP contribution in [-0.4, -0.2) is 42.3 Å². The van der Waals surface area contributed by atoms with Crippen LogP contribution in [0.25, 0.3) is 0 Å². The van der Waals surface area contributed by atoms with E-state index in [0.29, 0.717) is 19.6 Å².